The maximum atomic E-state index is 10.3. The Morgan fingerprint density at radius 1 is 1.40 bits per heavy atom. The van der Waals surface area contributed by atoms with Crippen molar-refractivity contribution in [1.82, 2.24) is 4.90 Å². The molecule has 3 unspecified atom stereocenters. The number of benzene rings is 1. The normalized spacial score (nSPS) is 28.3. The van der Waals surface area contributed by atoms with Crippen molar-refractivity contribution in [2.45, 2.75) is 43.9 Å². The van der Waals surface area contributed by atoms with Crippen LogP contribution in [0.3, 0.4) is 0 Å². The van der Waals surface area contributed by atoms with E-state index in [2.05, 4.69) is 20.8 Å². The lowest BCUT2D eigenvalue weighted by Gasteiger charge is -2.38. The van der Waals surface area contributed by atoms with Crippen molar-refractivity contribution >= 4 is 15.9 Å². The zero-order chi connectivity index (χ0) is 13.9. The molecule has 3 rings (SSSR count). The minimum atomic E-state index is -0.379. The Hall–Kier alpha value is -0.420. The van der Waals surface area contributed by atoms with Gasteiger partial charge < -0.3 is 9.84 Å². The average Bonchev–Trinajstić information content (AvgIpc) is 2.93. The van der Waals surface area contributed by atoms with Crippen molar-refractivity contribution < 1.29 is 9.84 Å². The van der Waals surface area contributed by atoms with Gasteiger partial charge in [0, 0.05) is 23.6 Å². The first-order valence-corrected chi connectivity index (χ1v) is 8.32. The fourth-order valence-corrected chi connectivity index (χ4v) is 3.87. The number of rotatable bonds is 4. The number of nitrogens with zero attached hydrogens (tertiary/aromatic N) is 1. The molecule has 1 N–H and O–H groups in total. The topological polar surface area (TPSA) is 32.7 Å². The number of aliphatic hydroxyl groups is 1. The average molecular weight is 340 g/mol. The molecule has 1 saturated carbocycles. The lowest BCUT2D eigenvalue weighted by atomic mass is 10.0. The summed E-state index contributed by atoms with van der Waals surface area (Å²) in [6.45, 7) is 2.80. The first-order valence-electron chi connectivity index (χ1n) is 7.53. The van der Waals surface area contributed by atoms with Crippen LogP contribution in [0.2, 0.25) is 0 Å². The maximum absolute atomic E-state index is 10.3. The second-order valence-corrected chi connectivity index (χ2v) is 6.72. The molecule has 2 aliphatic rings. The summed E-state index contributed by atoms with van der Waals surface area (Å²) in [6.07, 6.45) is 4.58. The summed E-state index contributed by atoms with van der Waals surface area (Å²) in [4.78, 5) is 2.52. The molecule has 1 aromatic rings. The largest absolute Gasteiger partial charge is 0.388 e. The summed E-state index contributed by atoms with van der Waals surface area (Å²) in [7, 11) is 0. The Morgan fingerprint density at radius 3 is 3.15 bits per heavy atom. The molecule has 1 aromatic carbocycles. The second-order valence-electron chi connectivity index (χ2n) is 5.80. The van der Waals surface area contributed by atoms with E-state index in [4.69, 9.17) is 4.74 Å². The Kier molecular flexibility index (Phi) is 4.76. The SMILES string of the molecule is OC(CCN1CCOC2CCCC21)c1cccc(Br)c1. The van der Waals surface area contributed by atoms with Crippen LogP contribution in [0.15, 0.2) is 28.7 Å². The Balaban J connectivity index is 1.56. The van der Waals surface area contributed by atoms with Gasteiger partial charge in [0.15, 0.2) is 0 Å². The fraction of sp³-hybridized carbons (Fsp3) is 0.625. The molecule has 0 spiro atoms. The van der Waals surface area contributed by atoms with Crippen LogP contribution in [-0.4, -0.2) is 41.8 Å². The van der Waals surface area contributed by atoms with Gasteiger partial charge in [0.1, 0.15) is 0 Å². The summed E-state index contributed by atoms with van der Waals surface area (Å²) in [5.74, 6) is 0. The highest BCUT2D eigenvalue weighted by atomic mass is 79.9. The molecule has 1 aliphatic carbocycles. The van der Waals surface area contributed by atoms with Crippen LogP contribution in [0.5, 0.6) is 0 Å². The zero-order valence-corrected chi connectivity index (χ0v) is 13.3. The molecule has 1 aliphatic heterocycles. The fourth-order valence-electron chi connectivity index (χ4n) is 3.45. The van der Waals surface area contributed by atoms with Crippen LogP contribution in [0.4, 0.5) is 0 Å². The number of hydrogen-bond acceptors (Lipinski definition) is 3. The van der Waals surface area contributed by atoms with Crippen molar-refractivity contribution in [3.63, 3.8) is 0 Å². The molecule has 0 bridgehead atoms. The Morgan fingerprint density at radius 2 is 2.30 bits per heavy atom. The smallest absolute Gasteiger partial charge is 0.0802 e. The number of ether oxygens (including phenoxy) is 1. The monoisotopic (exact) mass is 339 g/mol. The molecule has 20 heavy (non-hydrogen) atoms. The van der Waals surface area contributed by atoms with E-state index in [-0.39, 0.29) is 6.10 Å². The van der Waals surface area contributed by atoms with E-state index in [1.54, 1.807) is 0 Å². The predicted molar refractivity (Wildman–Crippen MR) is 82.7 cm³/mol. The first kappa shape index (κ1) is 14.5. The minimum Gasteiger partial charge on any atom is -0.388 e. The van der Waals surface area contributed by atoms with Crippen LogP contribution in [-0.2, 0) is 4.74 Å². The zero-order valence-electron chi connectivity index (χ0n) is 11.7. The van der Waals surface area contributed by atoms with Crippen LogP contribution in [0.1, 0.15) is 37.4 Å². The van der Waals surface area contributed by atoms with E-state index >= 15 is 0 Å². The predicted octanol–water partition coefficient (Wildman–Crippen LogP) is 3.13. The quantitative estimate of drug-likeness (QED) is 0.914. The van der Waals surface area contributed by atoms with Crippen LogP contribution in [0.25, 0.3) is 0 Å². The molecule has 0 aromatic heterocycles. The van der Waals surface area contributed by atoms with Crippen LogP contribution >= 0.6 is 15.9 Å². The molecule has 0 radical (unpaired) electrons. The van der Waals surface area contributed by atoms with Crippen molar-refractivity contribution in [3.05, 3.63) is 34.3 Å². The standard InChI is InChI=1S/C16H22BrNO2/c17-13-4-1-3-12(11-13)15(19)7-8-18-9-10-20-16-6-2-5-14(16)18/h1,3-4,11,14-16,19H,2,5-10H2. The number of aliphatic hydroxyl groups excluding tert-OH is 1. The van der Waals surface area contributed by atoms with E-state index in [1.165, 1.54) is 19.3 Å². The summed E-state index contributed by atoms with van der Waals surface area (Å²) < 4.78 is 6.85. The highest BCUT2D eigenvalue weighted by Crippen LogP contribution is 2.30. The van der Waals surface area contributed by atoms with E-state index in [9.17, 15) is 5.11 Å². The van der Waals surface area contributed by atoms with Crippen molar-refractivity contribution in [1.29, 1.82) is 0 Å². The number of halogens is 1. The van der Waals surface area contributed by atoms with Gasteiger partial charge in [-0.3, -0.25) is 4.90 Å². The van der Waals surface area contributed by atoms with Gasteiger partial charge >= 0.3 is 0 Å². The number of morpholine rings is 1. The Bertz CT molecular complexity index is 454. The lowest BCUT2D eigenvalue weighted by Crippen LogP contribution is -2.48. The van der Waals surface area contributed by atoms with Crippen molar-refractivity contribution in [2.75, 3.05) is 19.7 Å². The van der Waals surface area contributed by atoms with E-state index in [0.717, 1.165) is 36.2 Å². The summed E-state index contributed by atoms with van der Waals surface area (Å²) in [5, 5.41) is 10.3. The highest BCUT2D eigenvalue weighted by molar-refractivity contribution is 9.10. The third-order valence-electron chi connectivity index (χ3n) is 4.52. The van der Waals surface area contributed by atoms with E-state index in [1.807, 2.05) is 24.3 Å². The third-order valence-corrected chi connectivity index (χ3v) is 5.01. The van der Waals surface area contributed by atoms with Gasteiger partial charge in [0.2, 0.25) is 0 Å². The van der Waals surface area contributed by atoms with Gasteiger partial charge in [-0.15, -0.1) is 0 Å². The number of hydrogen-bond donors (Lipinski definition) is 1. The van der Waals surface area contributed by atoms with Crippen LogP contribution in [0, 0.1) is 0 Å². The highest BCUT2D eigenvalue weighted by Gasteiger charge is 2.35. The van der Waals surface area contributed by atoms with Crippen molar-refractivity contribution in [3.8, 4) is 0 Å². The van der Waals surface area contributed by atoms with Crippen LogP contribution < -0.4 is 0 Å². The molecule has 0 amide bonds. The molecule has 1 heterocycles. The van der Waals surface area contributed by atoms with Gasteiger partial charge in [-0.1, -0.05) is 28.1 Å². The molecule has 1 saturated heterocycles. The number of fused-ring (bicyclic) bond motifs is 1. The van der Waals surface area contributed by atoms with Crippen molar-refractivity contribution in [2.24, 2.45) is 0 Å². The van der Waals surface area contributed by atoms with Gasteiger partial charge in [0.05, 0.1) is 18.8 Å². The second kappa shape index (κ2) is 6.56. The minimum absolute atomic E-state index is 0.379. The van der Waals surface area contributed by atoms with Gasteiger partial charge in [0.25, 0.3) is 0 Å². The molecule has 110 valence electrons. The summed E-state index contributed by atoms with van der Waals surface area (Å²) in [5.41, 5.74) is 0.996. The molecule has 3 atom stereocenters. The Labute approximate surface area is 129 Å². The van der Waals surface area contributed by atoms with E-state index < -0.39 is 0 Å². The third kappa shape index (κ3) is 3.25. The molecular weight excluding hydrogens is 318 g/mol. The van der Waals surface area contributed by atoms with Gasteiger partial charge in [-0.25, -0.2) is 0 Å². The van der Waals surface area contributed by atoms with Gasteiger partial charge in [-0.05, 0) is 43.4 Å². The summed E-state index contributed by atoms with van der Waals surface area (Å²) >= 11 is 3.46. The maximum Gasteiger partial charge on any atom is 0.0802 e. The molecule has 4 heteroatoms. The summed E-state index contributed by atoms with van der Waals surface area (Å²) in [6, 6.07) is 8.54. The molecule has 3 nitrogen and oxygen atoms in total. The van der Waals surface area contributed by atoms with E-state index in [0.29, 0.717) is 12.1 Å². The van der Waals surface area contributed by atoms with Gasteiger partial charge in [-0.2, -0.15) is 0 Å². The lowest BCUT2D eigenvalue weighted by molar-refractivity contribution is -0.0587. The first-order chi connectivity index (χ1) is 9.74. The molecular formula is C16H22BrNO2. The molecule has 2 fully saturated rings.